The fraction of sp³-hybridized carbons (Fsp3) is 0.818. The highest BCUT2D eigenvalue weighted by Crippen LogP contribution is 2.11. The summed E-state index contributed by atoms with van der Waals surface area (Å²) in [6, 6.07) is 0.492. The van der Waals surface area contributed by atoms with E-state index in [1.165, 1.54) is 5.57 Å². The minimum Gasteiger partial charge on any atom is -0.395 e. The molecule has 1 fully saturated rings. The number of aliphatic hydroxyl groups excluding tert-OH is 1. The second kappa shape index (κ2) is 5.49. The Morgan fingerprint density at radius 2 is 1.93 bits per heavy atom. The van der Waals surface area contributed by atoms with E-state index in [9.17, 15) is 0 Å². The van der Waals surface area contributed by atoms with E-state index in [0.717, 1.165) is 32.7 Å². The lowest BCUT2D eigenvalue weighted by atomic mass is 10.1. The first kappa shape index (κ1) is 11.7. The Bertz CT molecular complexity index is 186. The van der Waals surface area contributed by atoms with Crippen molar-refractivity contribution < 1.29 is 5.11 Å². The third-order valence-corrected chi connectivity index (χ3v) is 3.08. The average molecular weight is 198 g/mol. The van der Waals surface area contributed by atoms with Crippen molar-refractivity contribution in [3.8, 4) is 0 Å². The first-order valence-corrected chi connectivity index (χ1v) is 5.38. The molecule has 1 rings (SSSR count). The molecule has 0 spiro atoms. The van der Waals surface area contributed by atoms with Gasteiger partial charge in [0.05, 0.1) is 6.61 Å². The summed E-state index contributed by atoms with van der Waals surface area (Å²) in [6.45, 7) is 13.7. The number of aliphatic hydroxyl groups is 1. The van der Waals surface area contributed by atoms with Gasteiger partial charge in [-0.2, -0.15) is 0 Å². The van der Waals surface area contributed by atoms with Gasteiger partial charge in [0, 0.05) is 38.8 Å². The Morgan fingerprint density at radius 1 is 1.36 bits per heavy atom. The SMILES string of the molecule is C=C(C)C(C)N1CCN(CCO)CC1. The van der Waals surface area contributed by atoms with Crippen molar-refractivity contribution in [3.05, 3.63) is 12.2 Å². The number of rotatable bonds is 4. The van der Waals surface area contributed by atoms with Gasteiger partial charge in [-0.25, -0.2) is 0 Å². The summed E-state index contributed by atoms with van der Waals surface area (Å²) in [7, 11) is 0. The molecule has 0 saturated carbocycles. The predicted molar refractivity (Wildman–Crippen MR) is 59.4 cm³/mol. The highest BCUT2D eigenvalue weighted by Gasteiger charge is 2.20. The first-order valence-electron chi connectivity index (χ1n) is 5.38. The molecule has 1 atom stereocenters. The van der Waals surface area contributed by atoms with E-state index in [-0.39, 0.29) is 6.61 Å². The van der Waals surface area contributed by atoms with E-state index < -0.39 is 0 Å². The van der Waals surface area contributed by atoms with Crippen molar-refractivity contribution >= 4 is 0 Å². The summed E-state index contributed by atoms with van der Waals surface area (Å²) < 4.78 is 0. The largest absolute Gasteiger partial charge is 0.395 e. The van der Waals surface area contributed by atoms with Crippen LogP contribution in [0.1, 0.15) is 13.8 Å². The molecule has 14 heavy (non-hydrogen) atoms. The molecule has 1 unspecified atom stereocenters. The van der Waals surface area contributed by atoms with Gasteiger partial charge < -0.3 is 5.11 Å². The monoisotopic (exact) mass is 198 g/mol. The van der Waals surface area contributed by atoms with Crippen LogP contribution in [0.15, 0.2) is 12.2 Å². The van der Waals surface area contributed by atoms with E-state index >= 15 is 0 Å². The van der Waals surface area contributed by atoms with Crippen LogP contribution in [-0.2, 0) is 0 Å². The Morgan fingerprint density at radius 3 is 2.36 bits per heavy atom. The summed E-state index contributed by atoms with van der Waals surface area (Å²) in [6.07, 6.45) is 0. The van der Waals surface area contributed by atoms with E-state index in [1.807, 2.05) is 0 Å². The van der Waals surface area contributed by atoms with E-state index in [0.29, 0.717) is 6.04 Å². The van der Waals surface area contributed by atoms with Crippen LogP contribution < -0.4 is 0 Å². The van der Waals surface area contributed by atoms with Crippen LogP contribution in [0.2, 0.25) is 0 Å². The molecular weight excluding hydrogens is 176 g/mol. The maximum atomic E-state index is 8.81. The lowest BCUT2D eigenvalue weighted by Crippen LogP contribution is -2.50. The molecule has 0 amide bonds. The second-order valence-electron chi connectivity index (χ2n) is 4.12. The zero-order valence-corrected chi connectivity index (χ0v) is 9.37. The van der Waals surface area contributed by atoms with Crippen molar-refractivity contribution in [3.63, 3.8) is 0 Å². The Balaban J connectivity index is 2.31. The molecule has 0 aromatic carbocycles. The van der Waals surface area contributed by atoms with Gasteiger partial charge in [-0.05, 0) is 13.8 Å². The normalized spacial score (nSPS) is 22.2. The zero-order valence-electron chi connectivity index (χ0n) is 9.37. The van der Waals surface area contributed by atoms with Gasteiger partial charge in [-0.3, -0.25) is 9.80 Å². The summed E-state index contributed by atoms with van der Waals surface area (Å²) in [5.41, 5.74) is 1.24. The van der Waals surface area contributed by atoms with Gasteiger partial charge in [0.25, 0.3) is 0 Å². The van der Waals surface area contributed by atoms with Crippen LogP contribution in [0.3, 0.4) is 0 Å². The second-order valence-corrected chi connectivity index (χ2v) is 4.12. The lowest BCUT2D eigenvalue weighted by molar-refractivity contribution is 0.0981. The molecule has 1 aliphatic rings. The van der Waals surface area contributed by atoms with E-state index in [2.05, 4.69) is 30.2 Å². The zero-order chi connectivity index (χ0) is 10.6. The first-order chi connectivity index (χ1) is 6.65. The fourth-order valence-electron chi connectivity index (χ4n) is 1.83. The molecule has 1 aliphatic heterocycles. The number of hydrogen-bond donors (Lipinski definition) is 1. The summed E-state index contributed by atoms with van der Waals surface area (Å²) in [5.74, 6) is 0. The Hall–Kier alpha value is -0.380. The van der Waals surface area contributed by atoms with Gasteiger partial charge in [0.15, 0.2) is 0 Å². The van der Waals surface area contributed by atoms with Gasteiger partial charge in [-0.1, -0.05) is 12.2 Å². The van der Waals surface area contributed by atoms with Crippen molar-refractivity contribution in [2.75, 3.05) is 39.3 Å². The van der Waals surface area contributed by atoms with Crippen LogP contribution in [0, 0.1) is 0 Å². The van der Waals surface area contributed by atoms with Crippen molar-refractivity contribution in [1.29, 1.82) is 0 Å². The molecule has 1 heterocycles. The number of piperazine rings is 1. The smallest absolute Gasteiger partial charge is 0.0558 e. The molecule has 1 saturated heterocycles. The highest BCUT2D eigenvalue weighted by molar-refractivity contribution is 5.00. The summed E-state index contributed by atoms with van der Waals surface area (Å²) in [5, 5.41) is 8.81. The molecule has 0 aromatic rings. The topological polar surface area (TPSA) is 26.7 Å². The molecule has 1 N–H and O–H groups in total. The lowest BCUT2D eigenvalue weighted by Gasteiger charge is -2.38. The molecule has 3 nitrogen and oxygen atoms in total. The van der Waals surface area contributed by atoms with Crippen molar-refractivity contribution in [2.45, 2.75) is 19.9 Å². The van der Waals surface area contributed by atoms with Crippen molar-refractivity contribution in [1.82, 2.24) is 9.80 Å². The number of nitrogens with zero attached hydrogens (tertiary/aromatic N) is 2. The number of β-amino-alcohol motifs (C(OH)–C–C–N with tert-alkyl or cyclic N) is 1. The fourth-order valence-corrected chi connectivity index (χ4v) is 1.83. The Labute approximate surface area is 87.0 Å². The predicted octanol–water partition coefficient (Wildman–Crippen LogP) is 0.561. The Kier molecular flexibility index (Phi) is 4.58. The van der Waals surface area contributed by atoms with Crippen LogP contribution in [0.5, 0.6) is 0 Å². The minimum absolute atomic E-state index is 0.274. The summed E-state index contributed by atoms with van der Waals surface area (Å²) >= 11 is 0. The van der Waals surface area contributed by atoms with Gasteiger partial charge in [0.1, 0.15) is 0 Å². The molecule has 0 aliphatic carbocycles. The quantitative estimate of drug-likeness (QED) is 0.669. The van der Waals surface area contributed by atoms with Crippen LogP contribution in [-0.4, -0.2) is 60.3 Å². The standard InChI is InChI=1S/C11H22N2O/c1-10(2)11(3)13-6-4-12(5-7-13)8-9-14/h11,14H,1,4-9H2,2-3H3. The molecule has 82 valence electrons. The van der Waals surface area contributed by atoms with Gasteiger partial charge in [0.2, 0.25) is 0 Å². The maximum Gasteiger partial charge on any atom is 0.0558 e. The molecular formula is C11H22N2O. The van der Waals surface area contributed by atoms with Crippen molar-refractivity contribution in [2.24, 2.45) is 0 Å². The molecule has 0 aromatic heterocycles. The highest BCUT2D eigenvalue weighted by atomic mass is 16.3. The van der Waals surface area contributed by atoms with Crippen LogP contribution in [0.25, 0.3) is 0 Å². The van der Waals surface area contributed by atoms with Crippen LogP contribution in [0.4, 0.5) is 0 Å². The van der Waals surface area contributed by atoms with Gasteiger partial charge in [-0.15, -0.1) is 0 Å². The van der Waals surface area contributed by atoms with Gasteiger partial charge >= 0.3 is 0 Å². The maximum absolute atomic E-state index is 8.81. The molecule has 0 radical (unpaired) electrons. The third-order valence-electron chi connectivity index (χ3n) is 3.08. The molecule has 0 bridgehead atoms. The van der Waals surface area contributed by atoms with Crippen LogP contribution >= 0.6 is 0 Å². The third kappa shape index (κ3) is 3.08. The summed E-state index contributed by atoms with van der Waals surface area (Å²) in [4.78, 5) is 4.76. The average Bonchev–Trinajstić information content (AvgIpc) is 2.18. The molecule has 3 heteroatoms. The number of hydrogen-bond acceptors (Lipinski definition) is 3. The van der Waals surface area contributed by atoms with E-state index in [4.69, 9.17) is 5.11 Å². The van der Waals surface area contributed by atoms with E-state index in [1.54, 1.807) is 0 Å². The minimum atomic E-state index is 0.274.